The summed E-state index contributed by atoms with van der Waals surface area (Å²) < 4.78 is 29.1. The number of hydrogen-bond acceptors (Lipinski definition) is 7. The van der Waals surface area contributed by atoms with Gasteiger partial charge < -0.3 is 15.0 Å². The maximum atomic E-state index is 12.5. The molecule has 5 rings (SSSR count). The number of benzene rings is 3. The fourth-order valence-electron chi connectivity index (χ4n) is 4.69. The molecule has 0 spiro atoms. The topological polar surface area (TPSA) is 112 Å². The van der Waals surface area contributed by atoms with Crippen LogP contribution in [-0.4, -0.2) is 42.8 Å². The molecular weight excluding hydrogens is 548 g/mol. The summed E-state index contributed by atoms with van der Waals surface area (Å²) in [5.41, 5.74) is 4.21. The Morgan fingerprint density at radius 3 is 2.48 bits per heavy atom. The predicted molar refractivity (Wildman–Crippen MR) is 162 cm³/mol. The number of carbonyl (C=O) groups excluding carboxylic acids is 1. The number of rotatable bonds is 3. The highest BCUT2D eigenvalue weighted by Gasteiger charge is 2.25. The van der Waals surface area contributed by atoms with E-state index < -0.39 is 15.4 Å². The zero-order valence-corrected chi connectivity index (χ0v) is 24.7. The van der Waals surface area contributed by atoms with Crippen molar-refractivity contribution >= 4 is 38.2 Å². The molecule has 2 heterocycles. The van der Waals surface area contributed by atoms with Gasteiger partial charge in [0.2, 0.25) is 0 Å². The molecule has 0 fully saturated rings. The van der Waals surface area contributed by atoms with E-state index in [4.69, 9.17) is 4.74 Å². The molecule has 0 bridgehead atoms. The lowest BCUT2D eigenvalue weighted by atomic mass is 9.97. The largest absolute Gasteiger partial charge is 0.444 e. The van der Waals surface area contributed by atoms with Crippen molar-refractivity contribution in [3.05, 3.63) is 94.7 Å². The molecule has 1 N–H and O–H groups in total. The monoisotopic (exact) mass is 578 g/mol. The van der Waals surface area contributed by atoms with E-state index >= 15 is 0 Å². The summed E-state index contributed by atoms with van der Waals surface area (Å²) in [7, 11) is -3.29. The van der Waals surface area contributed by atoms with E-state index in [1.165, 1.54) is 18.4 Å². The molecule has 3 aromatic carbocycles. The lowest BCUT2D eigenvalue weighted by Gasteiger charge is -2.31. The van der Waals surface area contributed by atoms with Gasteiger partial charge in [0.25, 0.3) is 0 Å². The Morgan fingerprint density at radius 2 is 1.79 bits per heavy atom. The molecule has 0 saturated carbocycles. The number of hydrogen-bond donors (Lipinski definition) is 1. The molecule has 0 unspecified atom stereocenters. The number of fused-ring (bicyclic) bond motifs is 2. The number of ether oxygens (including phenoxy) is 1. The zero-order valence-electron chi connectivity index (χ0n) is 23.9. The van der Waals surface area contributed by atoms with Gasteiger partial charge in [-0.3, -0.25) is 0 Å². The molecule has 0 atom stereocenters. The number of carbonyl (C=O) groups is 1. The summed E-state index contributed by atoms with van der Waals surface area (Å²) in [6.07, 6.45) is 3.27. The van der Waals surface area contributed by atoms with E-state index in [0.29, 0.717) is 42.1 Å². The highest BCUT2D eigenvalue weighted by Crippen LogP contribution is 2.27. The minimum Gasteiger partial charge on any atom is -0.444 e. The van der Waals surface area contributed by atoms with Gasteiger partial charge in [-0.05, 0) is 86.8 Å². The van der Waals surface area contributed by atoms with Crippen molar-refractivity contribution in [3.8, 4) is 17.9 Å². The smallest absolute Gasteiger partial charge is 0.410 e. The number of pyridine rings is 1. The van der Waals surface area contributed by atoms with Crippen LogP contribution in [0.25, 0.3) is 10.8 Å². The second-order valence-electron chi connectivity index (χ2n) is 11.2. The van der Waals surface area contributed by atoms with Crippen molar-refractivity contribution in [2.24, 2.45) is 0 Å². The molecule has 0 aliphatic carbocycles. The zero-order chi connectivity index (χ0) is 30.1. The molecule has 212 valence electrons. The first-order valence-electron chi connectivity index (χ1n) is 13.4. The number of anilines is 2. The lowest BCUT2D eigenvalue weighted by molar-refractivity contribution is 0.0224. The standard InChI is InChI=1S/C33H30N4O4S/c1-33(2,3)41-32(38)37-16-15-23-17-22(5-7-26(23)21-37)6-14-29-24(19-34)8-9-25-20-35-31(18-30(25)29)36-27-10-12-28(13-11-27)42(4,39)40/h5,7-13,17-18,20H,15-16,21H2,1-4H3,(H,35,36). The molecule has 1 aliphatic rings. The van der Waals surface area contributed by atoms with Gasteiger partial charge in [0.15, 0.2) is 9.84 Å². The van der Waals surface area contributed by atoms with E-state index in [-0.39, 0.29) is 11.0 Å². The van der Waals surface area contributed by atoms with Crippen LogP contribution in [0.1, 0.15) is 48.6 Å². The van der Waals surface area contributed by atoms with Gasteiger partial charge in [0.05, 0.1) is 16.0 Å². The molecule has 9 heteroatoms. The highest BCUT2D eigenvalue weighted by molar-refractivity contribution is 7.90. The second kappa shape index (κ2) is 11.2. The molecule has 1 aliphatic heterocycles. The van der Waals surface area contributed by atoms with Crippen LogP contribution >= 0.6 is 0 Å². The Labute approximate surface area is 245 Å². The van der Waals surface area contributed by atoms with Crippen molar-refractivity contribution in [1.82, 2.24) is 9.88 Å². The minimum atomic E-state index is -3.29. The normalized spacial score (nSPS) is 13.0. The van der Waals surface area contributed by atoms with Gasteiger partial charge in [0, 0.05) is 47.6 Å². The van der Waals surface area contributed by atoms with Gasteiger partial charge >= 0.3 is 6.09 Å². The molecule has 0 saturated heterocycles. The third-order valence-electron chi connectivity index (χ3n) is 6.78. The fraction of sp³-hybridized carbons (Fsp3) is 0.242. The fourth-order valence-corrected chi connectivity index (χ4v) is 5.32. The van der Waals surface area contributed by atoms with E-state index in [1.807, 2.05) is 51.1 Å². The summed E-state index contributed by atoms with van der Waals surface area (Å²) >= 11 is 0. The first-order chi connectivity index (χ1) is 19.9. The molecule has 1 amide bonds. The number of nitrogens with zero attached hydrogens (tertiary/aromatic N) is 3. The van der Waals surface area contributed by atoms with Crippen LogP contribution in [0.3, 0.4) is 0 Å². The van der Waals surface area contributed by atoms with E-state index in [1.54, 1.807) is 29.3 Å². The average molecular weight is 579 g/mol. The predicted octanol–water partition coefficient (Wildman–Crippen LogP) is 5.95. The summed E-state index contributed by atoms with van der Waals surface area (Å²) in [6.45, 7) is 6.63. The third-order valence-corrected chi connectivity index (χ3v) is 7.91. The van der Waals surface area contributed by atoms with Crippen LogP contribution in [0.4, 0.5) is 16.3 Å². The van der Waals surface area contributed by atoms with Gasteiger partial charge in [0.1, 0.15) is 17.5 Å². The van der Waals surface area contributed by atoms with Crippen LogP contribution in [0.15, 0.2) is 71.8 Å². The number of amides is 1. The number of sulfone groups is 1. The Balaban J connectivity index is 1.41. The van der Waals surface area contributed by atoms with Gasteiger partial charge in [-0.25, -0.2) is 18.2 Å². The van der Waals surface area contributed by atoms with Gasteiger partial charge in [-0.1, -0.05) is 24.0 Å². The molecule has 8 nitrogen and oxygen atoms in total. The van der Waals surface area contributed by atoms with Crippen molar-refractivity contribution in [2.75, 3.05) is 18.1 Å². The van der Waals surface area contributed by atoms with Crippen LogP contribution in [0, 0.1) is 23.2 Å². The lowest BCUT2D eigenvalue weighted by Crippen LogP contribution is -2.39. The SMILES string of the molecule is CC(C)(C)OC(=O)N1CCc2cc(C#Cc3c(C#N)ccc4cnc(Nc5ccc(S(C)(=O)=O)cc5)cc34)ccc2C1. The molecule has 42 heavy (non-hydrogen) atoms. The quantitative estimate of drug-likeness (QED) is 0.299. The first-order valence-corrected chi connectivity index (χ1v) is 15.3. The van der Waals surface area contributed by atoms with Crippen LogP contribution in [0.2, 0.25) is 0 Å². The highest BCUT2D eigenvalue weighted by atomic mass is 32.2. The maximum absolute atomic E-state index is 12.5. The third kappa shape index (κ3) is 6.54. The summed E-state index contributed by atoms with van der Waals surface area (Å²) in [5.74, 6) is 6.99. The molecule has 4 aromatic rings. The average Bonchev–Trinajstić information content (AvgIpc) is 2.94. The molecule has 1 aromatic heterocycles. The summed E-state index contributed by atoms with van der Waals surface area (Å²) in [6, 6.07) is 20.1. The second-order valence-corrected chi connectivity index (χ2v) is 13.2. The van der Waals surface area contributed by atoms with Gasteiger partial charge in [-0.15, -0.1) is 0 Å². The van der Waals surface area contributed by atoms with Crippen molar-refractivity contribution in [1.29, 1.82) is 5.26 Å². The maximum Gasteiger partial charge on any atom is 0.410 e. The Bertz CT molecular complexity index is 1910. The number of nitriles is 1. The number of aromatic nitrogens is 1. The van der Waals surface area contributed by atoms with Crippen LogP contribution in [0.5, 0.6) is 0 Å². The summed E-state index contributed by atoms with van der Waals surface area (Å²) in [4.78, 5) is 18.9. The Morgan fingerprint density at radius 1 is 1.02 bits per heavy atom. The van der Waals surface area contributed by atoms with Crippen molar-refractivity contribution in [3.63, 3.8) is 0 Å². The first kappa shape index (κ1) is 28.7. The van der Waals surface area contributed by atoms with E-state index in [2.05, 4.69) is 28.2 Å². The van der Waals surface area contributed by atoms with Crippen LogP contribution < -0.4 is 5.32 Å². The summed E-state index contributed by atoms with van der Waals surface area (Å²) in [5, 5.41) is 14.6. The van der Waals surface area contributed by atoms with E-state index in [9.17, 15) is 18.5 Å². The molecular formula is C33H30N4O4S. The van der Waals surface area contributed by atoms with Crippen molar-refractivity contribution in [2.45, 2.75) is 44.2 Å². The number of nitrogens with one attached hydrogen (secondary N) is 1. The van der Waals surface area contributed by atoms with Crippen molar-refractivity contribution < 1.29 is 17.9 Å². The van der Waals surface area contributed by atoms with Crippen LogP contribution in [-0.2, 0) is 27.5 Å². The minimum absolute atomic E-state index is 0.235. The van der Waals surface area contributed by atoms with Gasteiger partial charge in [-0.2, -0.15) is 5.26 Å². The van der Waals surface area contributed by atoms with E-state index in [0.717, 1.165) is 27.5 Å². The Hall–Kier alpha value is -4.86. The molecule has 0 radical (unpaired) electrons. The Kier molecular flexibility index (Phi) is 7.64.